The normalized spacial score (nSPS) is 17.2. The minimum atomic E-state index is 0.214. The van der Waals surface area contributed by atoms with E-state index < -0.39 is 0 Å². The number of hydrogen-bond donors (Lipinski definition) is 1. The number of ketones is 1. The molecule has 2 heterocycles. The van der Waals surface area contributed by atoms with Crippen LogP contribution in [-0.4, -0.2) is 50.0 Å². The average Bonchev–Trinajstić information content (AvgIpc) is 3.10. The molecule has 2 aliphatic heterocycles. The van der Waals surface area contributed by atoms with Gasteiger partial charge in [0, 0.05) is 54.7 Å². The molecule has 130 valence electrons. The highest BCUT2D eigenvalue weighted by atomic mass is 35.5. The number of nitrogens with one attached hydrogen (secondary N) is 1. The smallest absolute Gasteiger partial charge is 0.176 e. The molecule has 0 amide bonds. The van der Waals surface area contributed by atoms with Gasteiger partial charge in [-0.15, -0.1) is 0 Å². The van der Waals surface area contributed by atoms with Crippen LogP contribution in [0, 0.1) is 0 Å². The number of fused-ring (bicyclic) bond motifs is 1. The van der Waals surface area contributed by atoms with E-state index in [1.54, 1.807) is 0 Å². The van der Waals surface area contributed by atoms with Gasteiger partial charge in [0.25, 0.3) is 0 Å². The summed E-state index contributed by atoms with van der Waals surface area (Å²) >= 11 is 6.08. The van der Waals surface area contributed by atoms with E-state index >= 15 is 0 Å². The first-order chi connectivity index (χ1) is 12.2. The number of hydrogen-bond acceptors (Lipinski definition) is 4. The topological polar surface area (TPSA) is 35.6 Å². The van der Waals surface area contributed by atoms with Crippen LogP contribution in [0.2, 0.25) is 5.02 Å². The number of anilines is 2. The van der Waals surface area contributed by atoms with E-state index in [4.69, 9.17) is 11.6 Å². The molecule has 4 nitrogen and oxygen atoms in total. The van der Waals surface area contributed by atoms with Crippen LogP contribution in [0.4, 0.5) is 11.4 Å². The fourth-order valence-electron chi connectivity index (χ4n) is 3.61. The Kier molecular flexibility index (Phi) is 4.64. The van der Waals surface area contributed by atoms with Crippen molar-refractivity contribution >= 4 is 28.8 Å². The highest BCUT2D eigenvalue weighted by molar-refractivity contribution is 6.30. The Morgan fingerprint density at radius 3 is 2.72 bits per heavy atom. The van der Waals surface area contributed by atoms with Crippen molar-refractivity contribution in [3.63, 3.8) is 0 Å². The summed E-state index contributed by atoms with van der Waals surface area (Å²) in [6.45, 7) is 5.09. The van der Waals surface area contributed by atoms with Crippen molar-refractivity contribution in [3.8, 4) is 0 Å². The summed E-state index contributed by atoms with van der Waals surface area (Å²) in [4.78, 5) is 17.2. The number of Topliss-reactive ketones (excluding diaryl/α,β-unsaturated/α-hetero) is 1. The molecule has 0 bridgehead atoms. The molecule has 25 heavy (non-hydrogen) atoms. The molecule has 0 aromatic heterocycles. The fraction of sp³-hybridized carbons (Fsp3) is 0.350. The largest absolute Gasteiger partial charge is 0.384 e. The van der Waals surface area contributed by atoms with E-state index in [-0.39, 0.29) is 5.78 Å². The van der Waals surface area contributed by atoms with Crippen molar-refractivity contribution in [2.24, 2.45) is 0 Å². The van der Waals surface area contributed by atoms with Crippen LogP contribution in [0.1, 0.15) is 15.9 Å². The van der Waals surface area contributed by atoms with Gasteiger partial charge < -0.3 is 10.2 Å². The molecule has 0 radical (unpaired) electrons. The lowest BCUT2D eigenvalue weighted by molar-refractivity contribution is 0.0926. The lowest BCUT2D eigenvalue weighted by atomic mass is 10.0. The zero-order valence-corrected chi connectivity index (χ0v) is 14.9. The van der Waals surface area contributed by atoms with Crippen molar-refractivity contribution in [2.45, 2.75) is 6.42 Å². The minimum absolute atomic E-state index is 0.214. The van der Waals surface area contributed by atoms with Gasteiger partial charge in [-0.3, -0.25) is 9.69 Å². The predicted molar refractivity (Wildman–Crippen MR) is 103 cm³/mol. The Morgan fingerprint density at radius 1 is 1.08 bits per heavy atom. The van der Waals surface area contributed by atoms with Gasteiger partial charge in [-0.05, 0) is 48.4 Å². The molecule has 1 N–H and O–H groups in total. The first kappa shape index (κ1) is 16.4. The van der Waals surface area contributed by atoms with Crippen LogP contribution in [0.3, 0.4) is 0 Å². The molecule has 0 aliphatic carbocycles. The Bertz CT molecular complexity index is 784. The standard InChI is InChI=1S/C20H22ClN3O/c21-17-2-1-3-18(13-17)24-10-8-23(9-11-24)14-20(25)16-4-5-19-15(12-16)6-7-22-19/h1-5,12-13,22H,6-11,14H2. The second-order valence-corrected chi connectivity index (χ2v) is 7.15. The third kappa shape index (κ3) is 3.65. The summed E-state index contributed by atoms with van der Waals surface area (Å²) in [7, 11) is 0. The zero-order chi connectivity index (χ0) is 17.2. The lowest BCUT2D eigenvalue weighted by Gasteiger charge is -2.35. The van der Waals surface area contributed by atoms with E-state index in [0.717, 1.165) is 55.4 Å². The molecule has 0 atom stereocenters. The number of benzene rings is 2. The van der Waals surface area contributed by atoms with Gasteiger partial charge in [-0.25, -0.2) is 0 Å². The van der Waals surface area contributed by atoms with Gasteiger partial charge in [-0.2, -0.15) is 0 Å². The van der Waals surface area contributed by atoms with Crippen molar-refractivity contribution in [3.05, 3.63) is 58.6 Å². The minimum Gasteiger partial charge on any atom is -0.384 e. The second-order valence-electron chi connectivity index (χ2n) is 6.71. The number of carbonyl (C=O) groups excluding carboxylic acids is 1. The molecule has 1 fully saturated rings. The molecular formula is C20H22ClN3O. The van der Waals surface area contributed by atoms with Crippen LogP contribution in [0.5, 0.6) is 0 Å². The third-order valence-corrected chi connectivity index (χ3v) is 5.28. The maximum atomic E-state index is 12.6. The molecule has 2 aliphatic rings. The molecule has 1 saturated heterocycles. The lowest BCUT2D eigenvalue weighted by Crippen LogP contribution is -2.48. The van der Waals surface area contributed by atoms with Crippen LogP contribution >= 0.6 is 11.6 Å². The number of nitrogens with zero attached hydrogens (tertiary/aromatic N) is 2. The zero-order valence-electron chi connectivity index (χ0n) is 14.2. The first-order valence-corrected chi connectivity index (χ1v) is 9.20. The van der Waals surface area contributed by atoms with Crippen LogP contribution in [0.15, 0.2) is 42.5 Å². The average molecular weight is 356 g/mol. The SMILES string of the molecule is O=C(CN1CCN(c2cccc(Cl)c2)CC1)c1ccc2c(c1)CCN2. The molecule has 0 spiro atoms. The van der Waals surface area contributed by atoms with Crippen molar-refractivity contribution in [1.82, 2.24) is 4.90 Å². The number of rotatable bonds is 4. The summed E-state index contributed by atoms with van der Waals surface area (Å²) in [6.07, 6.45) is 1.01. The highest BCUT2D eigenvalue weighted by Gasteiger charge is 2.21. The first-order valence-electron chi connectivity index (χ1n) is 8.82. The maximum Gasteiger partial charge on any atom is 0.176 e. The summed E-state index contributed by atoms with van der Waals surface area (Å²) < 4.78 is 0. The number of carbonyl (C=O) groups is 1. The Hall–Kier alpha value is -2.04. The maximum absolute atomic E-state index is 12.6. The summed E-state index contributed by atoms with van der Waals surface area (Å²) in [5.74, 6) is 0.214. The highest BCUT2D eigenvalue weighted by Crippen LogP contribution is 2.24. The molecule has 2 aromatic carbocycles. The second kappa shape index (κ2) is 7.06. The van der Waals surface area contributed by atoms with Crippen LogP contribution < -0.4 is 10.2 Å². The predicted octanol–water partition coefficient (Wildman–Crippen LogP) is 3.31. The quantitative estimate of drug-likeness (QED) is 0.853. The van der Waals surface area contributed by atoms with E-state index in [0.29, 0.717) is 6.54 Å². The molecule has 5 heteroatoms. The molecular weight excluding hydrogens is 334 g/mol. The molecule has 0 saturated carbocycles. The Balaban J connectivity index is 1.34. The monoisotopic (exact) mass is 355 g/mol. The van der Waals surface area contributed by atoms with E-state index in [2.05, 4.69) is 27.2 Å². The van der Waals surface area contributed by atoms with Crippen LogP contribution in [-0.2, 0) is 6.42 Å². The summed E-state index contributed by atoms with van der Waals surface area (Å²) in [6, 6.07) is 14.0. The van der Waals surface area contributed by atoms with Gasteiger partial charge in [0.2, 0.25) is 0 Å². The van der Waals surface area contributed by atoms with Gasteiger partial charge in [0.15, 0.2) is 5.78 Å². The summed E-state index contributed by atoms with van der Waals surface area (Å²) in [5.41, 5.74) is 4.42. The van der Waals surface area contributed by atoms with Gasteiger partial charge in [0.1, 0.15) is 0 Å². The van der Waals surface area contributed by atoms with Crippen LogP contribution in [0.25, 0.3) is 0 Å². The van der Waals surface area contributed by atoms with E-state index in [9.17, 15) is 4.79 Å². The van der Waals surface area contributed by atoms with E-state index in [1.807, 2.05) is 30.3 Å². The number of piperazine rings is 1. The third-order valence-electron chi connectivity index (χ3n) is 5.05. The van der Waals surface area contributed by atoms with Crippen molar-refractivity contribution < 1.29 is 4.79 Å². The Labute approximate surface area is 153 Å². The van der Waals surface area contributed by atoms with Crippen molar-refractivity contribution in [2.75, 3.05) is 49.5 Å². The number of halogens is 1. The Morgan fingerprint density at radius 2 is 1.92 bits per heavy atom. The molecule has 2 aromatic rings. The molecule has 0 unspecified atom stereocenters. The van der Waals surface area contributed by atoms with E-state index in [1.165, 1.54) is 11.3 Å². The fourth-order valence-corrected chi connectivity index (χ4v) is 3.79. The molecule has 4 rings (SSSR count). The van der Waals surface area contributed by atoms with Gasteiger partial charge in [0.05, 0.1) is 6.54 Å². The van der Waals surface area contributed by atoms with Crippen molar-refractivity contribution in [1.29, 1.82) is 0 Å². The summed E-state index contributed by atoms with van der Waals surface area (Å²) in [5, 5.41) is 4.10. The van der Waals surface area contributed by atoms with Gasteiger partial charge >= 0.3 is 0 Å². The van der Waals surface area contributed by atoms with Gasteiger partial charge in [-0.1, -0.05) is 17.7 Å².